The first kappa shape index (κ1) is 14.9. The fourth-order valence-corrected chi connectivity index (χ4v) is 4.21. The van der Waals surface area contributed by atoms with Crippen molar-refractivity contribution in [2.75, 3.05) is 18.9 Å². The van der Waals surface area contributed by atoms with Crippen molar-refractivity contribution in [3.05, 3.63) is 53.8 Å². The monoisotopic (exact) mass is 326 g/mol. The van der Waals surface area contributed by atoms with Gasteiger partial charge in [-0.1, -0.05) is 31.1 Å². The van der Waals surface area contributed by atoms with Crippen LogP contribution in [0.3, 0.4) is 0 Å². The van der Waals surface area contributed by atoms with Crippen LogP contribution in [0.2, 0.25) is 0 Å². The first-order valence-corrected chi connectivity index (χ1v) is 9.41. The molecule has 1 fully saturated rings. The molecule has 0 atom stereocenters. The Balaban J connectivity index is 1.39. The highest BCUT2D eigenvalue weighted by Gasteiger charge is 2.20. The molecule has 2 heterocycles. The summed E-state index contributed by atoms with van der Waals surface area (Å²) in [7, 11) is 0. The van der Waals surface area contributed by atoms with Gasteiger partial charge in [0.2, 0.25) is 0 Å². The van der Waals surface area contributed by atoms with E-state index in [1.807, 2.05) is 0 Å². The summed E-state index contributed by atoms with van der Waals surface area (Å²) in [6, 6.07) is 8.70. The quantitative estimate of drug-likeness (QED) is 0.760. The number of allylic oxidation sites excluding steroid dienone is 2. The van der Waals surface area contributed by atoms with Crippen LogP contribution in [0.15, 0.2) is 52.6 Å². The van der Waals surface area contributed by atoms with Gasteiger partial charge in [-0.25, -0.2) is 0 Å². The van der Waals surface area contributed by atoms with Crippen molar-refractivity contribution in [3.63, 3.8) is 0 Å². The Hall–Kier alpha value is -1.68. The first-order valence-electron chi connectivity index (χ1n) is 8.47. The third kappa shape index (κ3) is 3.32. The van der Waals surface area contributed by atoms with Gasteiger partial charge in [-0.3, -0.25) is 0 Å². The van der Waals surface area contributed by atoms with Gasteiger partial charge >= 0.3 is 0 Å². The number of nitrogens with zero attached hydrogens (tertiary/aromatic N) is 2. The fraction of sp³-hybridized carbons (Fsp3) is 0.421. The molecule has 3 nitrogen and oxygen atoms in total. The second-order valence-corrected chi connectivity index (χ2v) is 7.16. The van der Waals surface area contributed by atoms with Gasteiger partial charge in [0.1, 0.15) is 18.2 Å². The van der Waals surface area contributed by atoms with Crippen LogP contribution >= 0.6 is 11.9 Å². The van der Waals surface area contributed by atoms with Crippen molar-refractivity contribution in [1.82, 2.24) is 4.90 Å². The molecule has 0 radical (unpaired) electrons. The molecule has 3 aliphatic rings. The summed E-state index contributed by atoms with van der Waals surface area (Å²) in [4.78, 5) is 2.21. The zero-order valence-corrected chi connectivity index (χ0v) is 14.1. The number of hydrogen-bond acceptors (Lipinski definition) is 4. The predicted octanol–water partition coefficient (Wildman–Crippen LogP) is 4.54. The molecule has 0 saturated heterocycles. The van der Waals surface area contributed by atoms with Gasteiger partial charge in [-0.05, 0) is 54.5 Å². The minimum absolute atomic E-state index is 0.572. The van der Waals surface area contributed by atoms with E-state index in [0.29, 0.717) is 6.61 Å². The van der Waals surface area contributed by atoms with Crippen molar-refractivity contribution in [3.8, 4) is 5.75 Å². The molecule has 1 aliphatic carbocycles. The van der Waals surface area contributed by atoms with E-state index in [1.165, 1.54) is 31.2 Å². The summed E-state index contributed by atoms with van der Waals surface area (Å²) in [6.07, 6.45) is 11.7. The highest BCUT2D eigenvalue weighted by atomic mass is 32.2. The van der Waals surface area contributed by atoms with Gasteiger partial charge < -0.3 is 9.64 Å². The Labute approximate surface area is 142 Å². The molecule has 1 saturated carbocycles. The third-order valence-corrected chi connectivity index (χ3v) is 5.47. The number of hydrogen-bond donors (Lipinski definition) is 0. The van der Waals surface area contributed by atoms with Crippen molar-refractivity contribution >= 4 is 17.8 Å². The average Bonchev–Trinajstić information content (AvgIpc) is 3.15. The number of benzene rings is 1. The normalized spacial score (nSPS) is 21.0. The molecule has 2 aliphatic heterocycles. The molecule has 0 amide bonds. The van der Waals surface area contributed by atoms with E-state index in [2.05, 4.69) is 51.9 Å². The Kier molecular flexibility index (Phi) is 4.42. The lowest BCUT2D eigenvalue weighted by Gasteiger charge is -2.28. The molecule has 4 rings (SSSR count). The SMILES string of the molecule is C1=CN2CCSN=C2C(COc2ccc(C3CCCC3)cc2)=C1. The van der Waals surface area contributed by atoms with Crippen LogP contribution in [-0.4, -0.2) is 29.6 Å². The zero-order valence-electron chi connectivity index (χ0n) is 13.3. The van der Waals surface area contributed by atoms with E-state index in [1.54, 1.807) is 11.9 Å². The van der Waals surface area contributed by atoms with E-state index in [0.717, 1.165) is 35.4 Å². The van der Waals surface area contributed by atoms with Gasteiger partial charge in [-0.2, -0.15) is 4.40 Å². The molecule has 4 heteroatoms. The standard InChI is InChI=1S/C19H22N2OS/c1-2-5-15(4-1)16-7-9-18(10-8-16)22-14-17-6-3-11-21-12-13-23-20-19(17)21/h3,6-11,15H,1-2,4-5,12-14H2. The number of amidine groups is 1. The van der Waals surface area contributed by atoms with Crippen molar-refractivity contribution in [2.45, 2.75) is 31.6 Å². The molecular formula is C19H22N2OS. The Bertz CT molecular complexity index is 642. The summed E-state index contributed by atoms with van der Waals surface area (Å²) in [5, 5.41) is 0. The lowest BCUT2D eigenvalue weighted by molar-refractivity contribution is 0.354. The van der Waals surface area contributed by atoms with Crippen LogP contribution in [0.4, 0.5) is 0 Å². The van der Waals surface area contributed by atoms with E-state index in [-0.39, 0.29) is 0 Å². The van der Waals surface area contributed by atoms with Gasteiger partial charge in [0.05, 0.1) is 0 Å². The largest absolute Gasteiger partial charge is 0.489 e. The van der Waals surface area contributed by atoms with Crippen molar-refractivity contribution < 1.29 is 4.74 Å². The minimum atomic E-state index is 0.572. The van der Waals surface area contributed by atoms with Gasteiger partial charge in [0.15, 0.2) is 0 Å². The topological polar surface area (TPSA) is 24.8 Å². The van der Waals surface area contributed by atoms with Gasteiger partial charge in [0.25, 0.3) is 0 Å². The first-order chi connectivity index (χ1) is 11.4. The Morgan fingerprint density at radius 3 is 2.83 bits per heavy atom. The van der Waals surface area contributed by atoms with Crippen LogP contribution in [0.25, 0.3) is 0 Å². The second kappa shape index (κ2) is 6.83. The Morgan fingerprint density at radius 1 is 1.17 bits per heavy atom. The number of rotatable bonds is 4. The summed E-state index contributed by atoms with van der Waals surface area (Å²) in [5.41, 5.74) is 2.62. The van der Waals surface area contributed by atoms with Crippen molar-refractivity contribution in [2.24, 2.45) is 4.40 Å². The van der Waals surface area contributed by atoms with Crippen LogP contribution in [0.1, 0.15) is 37.2 Å². The van der Waals surface area contributed by atoms with Crippen LogP contribution in [-0.2, 0) is 0 Å². The van der Waals surface area contributed by atoms with E-state index in [9.17, 15) is 0 Å². The minimum Gasteiger partial charge on any atom is -0.489 e. The maximum absolute atomic E-state index is 5.99. The molecule has 1 aromatic carbocycles. The molecule has 1 aromatic rings. The molecule has 0 N–H and O–H groups in total. The molecule has 120 valence electrons. The maximum atomic E-state index is 5.99. The summed E-state index contributed by atoms with van der Waals surface area (Å²) in [5.74, 6) is 3.80. The Morgan fingerprint density at radius 2 is 2.00 bits per heavy atom. The van der Waals surface area contributed by atoms with Crippen LogP contribution < -0.4 is 4.74 Å². The smallest absolute Gasteiger partial charge is 0.147 e. The highest BCUT2D eigenvalue weighted by Crippen LogP contribution is 2.34. The second-order valence-electron chi connectivity index (χ2n) is 6.31. The fourth-order valence-electron chi connectivity index (χ4n) is 3.50. The predicted molar refractivity (Wildman–Crippen MR) is 97.0 cm³/mol. The molecule has 0 spiro atoms. The molecular weight excluding hydrogens is 304 g/mol. The average molecular weight is 326 g/mol. The highest BCUT2D eigenvalue weighted by molar-refractivity contribution is 7.98. The van der Waals surface area contributed by atoms with Gasteiger partial charge in [-0.15, -0.1) is 0 Å². The van der Waals surface area contributed by atoms with E-state index < -0.39 is 0 Å². The van der Waals surface area contributed by atoms with Crippen LogP contribution in [0, 0.1) is 0 Å². The summed E-state index contributed by atoms with van der Waals surface area (Å²) < 4.78 is 10.6. The van der Waals surface area contributed by atoms with E-state index >= 15 is 0 Å². The zero-order chi connectivity index (χ0) is 15.5. The molecule has 0 bridgehead atoms. The number of ether oxygens (including phenoxy) is 1. The summed E-state index contributed by atoms with van der Waals surface area (Å²) in [6.45, 7) is 1.59. The summed E-state index contributed by atoms with van der Waals surface area (Å²) >= 11 is 1.64. The lowest BCUT2D eigenvalue weighted by Crippen LogP contribution is -2.34. The molecule has 0 unspecified atom stereocenters. The van der Waals surface area contributed by atoms with Crippen molar-refractivity contribution in [1.29, 1.82) is 0 Å². The lowest BCUT2D eigenvalue weighted by atomic mass is 9.98. The number of fused-ring (bicyclic) bond motifs is 1. The molecule has 0 aromatic heterocycles. The molecule has 23 heavy (non-hydrogen) atoms. The van der Waals surface area contributed by atoms with Gasteiger partial charge in [0, 0.05) is 24.1 Å². The maximum Gasteiger partial charge on any atom is 0.147 e. The van der Waals surface area contributed by atoms with Crippen LogP contribution in [0.5, 0.6) is 5.75 Å². The third-order valence-electron chi connectivity index (χ3n) is 4.80. The van der Waals surface area contributed by atoms with E-state index in [4.69, 9.17) is 4.74 Å².